The van der Waals surface area contributed by atoms with Crippen molar-refractivity contribution in [3.63, 3.8) is 0 Å². The Kier molecular flexibility index (Phi) is 3.14. The van der Waals surface area contributed by atoms with E-state index in [1.54, 1.807) is 18.3 Å². The molecule has 1 amide bonds. The predicted octanol–water partition coefficient (Wildman–Crippen LogP) is 0.972. The van der Waals surface area contributed by atoms with Gasteiger partial charge in [0.1, 0.15) is 5.69 Å². The summed E-state index contributed by atoms with van der Waals surface area (Å²) in [4.78, 5) is 21.0. The van der Waals surface area contributed by atoms with Gasteiger partial charge < -0.3 is 10.6 Å². The second kappa shape index (κ2) is 4.81. The molecule has 102 valence electrons. The van der Waals surface area contributed by atoms with Crippen molar-refractivity contribution >= 4 is 11.6 Å². The Morgan fingerprint density at radius 2 is 2.16 bits per heavy atom. The van der Waals surface area contributed by atoms with Crippen molar-refractivity contribution in [1.29, 1.82) is 0 Å². The number of carbonyl (C=O) groups excluding carboxylic acids is 1. The molecule has 0 aromatic carbocycles. The summed E-state index contributed by atoms with van der Waals surface area (Å²) in [6.07, 6.45) is 5.11. The van der Waals surface area contributed by atoms with Crippen LogP contribution < -0.4 is 5.73 Å². The number of amides is 1. The third kappa shape index (κ3) is 2.30. The third-order valence-corrected chi connectivity index (χ3v) is 4.44. The number of hydrogen-bond acceptors (Lipinski definition) is 4. The van der Waals surface area contributed by atoms with Gasteiger partial charge >= 0.3 is 0 Å². The molecule has 0 radical (unpaired) electrons. The van der Waals surface area contributed by atoms with Gasteiger partial charge in [-0.1, -0.05) is 0 Å². The normalized spacial score (nSPS) is 27.3. The van der Waals surface area contributed by atoms with Crippen LogP contribution in [-0.4, -0.2) is 52.9 Å². The van der Waals surface area contributed by atoms with Crippen LogP contribution in [0.25, 0.3) is 0 Å². The number of likely N-dealkylation sites (tertiary alicyclic amines) is 1. The molecule has 2 atom stereocenters. The largest absolute Gasteiger partial charge is 0.399 e. The van der Waals surface area contributed by atoms with Crippen LogP contribution in [0.4, 0.5) is 5.69 Å². The van der Waals surface area contributed by atoms with Crippen molar-refractivity contribution in [1.82, 2.24) is 14.8 Å². The fourth-order valence-corrected chi connectivity index (χ4v) is 3.22. The predicted molar refractivity (Wildman–Crippen MR) is 73.7 cm³/mol. The maximum absolute atomic E-state index is 12.5. The van der Waals surface area contributed by atoms with Gasteiger partial charge in [-0.2, -0.15) is 0 Å². The standard InChI is InChI=1S/C14H20N4O/c1-17-11-2-3-12(17)9-18(7-5-11)14(19)13-8-10(15)4-6-16-13/h4,6,8,11-12H,2-3,5,7,9H2,1H3,(H2,15,16). The van der Waals surface area contributed by atoms with Crippen LogP contribution in [0.1, 0.15) is 29.8 Å². The van der Waals surface area contributed by atoms with Gasteiger partial charge in [0.2, 0.25) is 0 Å². The van der Waals surface area contributed by atoms with Gasteiger partial charge in [0, 0.05) is 37.1 Å². The van der Waals surface area contributed by atoms with Crippen molar-refractivity contribution in [2.75, 3.05) is 25.9 Å². The lowest BCUT2D eigenvalue weighted by molar-refractivity contribution is 0.0734. The number of likely N-dealkylation sites (N-methyl/N-ethyl adjacent to an activating group) is 1. The summed E-state index contributed by atoms with van der Waals surface area (Å²) < 4.78 is 0. The Morgan fingerprint density at radius 3 is 2.95 bits per heavy atom. The van der Waals surface area contributed by atoms with Crippen molar-refractivity contribution in [3.8, 4) is 0 Å². The van der Waals surface area contributed by atoms with Crippen LogP contribution in [0, 0.1) is 0 Å². The van der Waals surface area contributed by atoms with E-state index in [1.807, 2.05) is 4.90 Å². The van der Waals surface area contributed by atoms with Crippen molar-refractivity contribution < 1.29 is 4.79 Å². The lowest BCUT2D eigenvalue weighted by Gasteiger charge is -2.25. The highest BCUT2D eigenvalue weighted by atomic mass is 16.2. The zero-order valence-corrected chi connectivity index (χ0v) is 11.2. The number of carbonyl (C=O) groups is 1. The summed E-state index contributed by atoms with van der Waals surface area (Å²) in [6, 6.07) is 4.50. The van der Waals surface area contributed by atoms with E-state index in [0.717, 1.165) is 19.5 Å². The molecule has 3 heterocycles. The van der Waals surface area contributed by atoms with Crippen LogP contribution in [-0.2, 0) is 0 Å². The minimum atomic E-state index is 0.00764. The fraction of sp³-hybridized carbons (Fsp3) is 0.571. The highest BCUT2D eigenvalue weighted by Gasteiger charge is 2.36. The van der Waals surface area contributed by atoms with Gasteiger partial charge in [-0.05, 0) is 38.4 Å². The first kappa shape index (κ1) is 12.4. The minimum Gasteiger partial charge on any atom is -0.399 e. The van der Waals surface area contributed by atoms with Gasteiger partial charge in [-0.25, -0.2) is 0 Å². The van der Waals surface area contributed by atoms with Gasteiger partial charge in [-0.3, -0.25) is 14.7 Å². The molecule has 2 unspecified atom stereocenters. The Bertz CT molecular complexity index is 490. The molecule has 3 rings (SSSR count). The van der Waals surface area contributed by atoms with Gasteiger partial charge in [-0.15, -0.1) is 0 Å². The van der Waals surface area contributed by atoms with Gasteiger partial charge in [0.05, 0.1) is 0 Å². The van der Waals surface area contributed by atoms with Crippen LogP contribution >= 0.6 is 0 Å². The Hall–Kier alpha value is -1.62. The van der Waals surface area contributed by atoms with Gasteiger partial charge in [0.25, 0.3) is 5.91 Å². The molecule has 2 aliphatic rings. The average Bonchev–Trinajstić information content (AvgIpc) is 2.62. The Balaban J connectivity index is 1.77. The summed E-state index contributed by atoms with van der Waals surface area (Å²) >= 11 is 0. The number of rotatable bonds is 1. The molecule has 2 N–H and O–H groups in total. The quantitative estimate of drug-likeness (QED) is 0.817. The number of fused-ring (bicyclic) bond motifs is 2. The summed E-state index contributed by atoms with van der Waals surface area (Å²) in [5.41, 5.74) is 6.77. The molecular formula is C14H20N4O. The number of nitrogens with two attached hydrogens (primary N) is 1. The number of pyridine rings is 1. The number of aromatic nitrogens is 1. The zero-order chi connectivity index (χ0) is 13.4. The first-order chi connectivity index (χ1) is 9.15. The molecule has 2 bridgehead atoms. The van der Waals surface area contributed by atoms with Crippen LogP contribution in [0.3, 0.4) is 0 Å². The third-order valence-electron chi connectivity index (χ3n) is 4.44. The summed E-state index contributed by atoms with van der Waals surface area (Å²) in [7, 11) is 2.18. The summed E-state index contributed by atoms with van der Waals surface area (Å²) in [5, 5.41) is 0. The monoisotopic (exact) mass is 260 g/mol. The van der Waals surface area contributed by atoms with E-state index in [1.165, 1.54) is 12.8 Å². The van der Waals surface area contributed by atoms with Crippen LogP contribution in [0.5, 0.6) is 0 Å². The molecule has 1 aromatic rings. The summed E-state index contributed by atoms with van der Waals surface area (Å²) in [5.74, 6) is 0.00764. The van der Waals surface area contributed by atoms with E-state index in [9.17, 15) is 4.79 Å². The maximum atomic E-state index is 12.5. The van der Waals surface area contributed by atoms with E-state index in [0.29, 0.717) is 23.5 Å². The molecule has 2 fully saturated rings. The zero-order valence-electron chi connectivity index (χ0n) is 11.2. The second-order valence-electron chi connectivity index (χ2n) is 5.56. The molecule has 1 aromatic heterocycles. The lowest BCUT2D eigenvalue weighted by atomic mass is 10.1. The molecule has 5 heteroatoms. The number of nitrogens with zero attached hydrogens (tertiary/aromatic N) is 3. The fourth-order valence-electron chi connectivity index (χ4n) is 3.22. The topological polar surface area (TPSA) is 62.5 Å². The highest BCUT2D eigenvalue weighted by molar-refractivity contribution is 5.93. The maximum Gasteiger partial charge on any atom is 0.272 e. The highest BCUT2D eigenvalue weighted by Crippen LogP contribution is 2.28. The smallest absolute Gasteiger partial charge is 0.272 e. The van der Waals surface area contributed by atoms with Crippen LogP contribution in [0.15, 0.2) is 18.3 Å². The van der Waals surface area contributed by atoms with Gasteiger partial charge in [0.15, 0.2) is 0 Å². The van der Waals surface area contributed by atoms with E-state index in [2.05, 4.69) is 16.9 Å². The van der Waals surface area contributed by atoms with Crippen molar-refractivity contribution in [2.45, 2.75) is 31.3 Å². The number of anilines is 1. The molecule has 19 heavy (non-hydrogen) atoms. The van der Waals surface area contributed by atoms with Crippen LogP contribution in [0.2, 0.25) is 0 Å². The molecule has 2 saturated heterocycles. The minimum absolute atomic E-state index is 0.00764. The van der Waals surface area contributed by atoms with E-state index < -0.39 is 0 Å². The van der Waals surface area contributed by atoms with Crippen molar-refractivity contribution in [3.05, 3.63) is 24.0 Å². The van der Waals surface area contributed by atoms with E-state index >= 15 is 0 Å². The Labute approximate surface area is 113 Å². The molecule has 0 spiro atoms. The molecule has 5 nitrogen and oxygen atoms in total. The molecule has 0 saturated carbocycles. The first-order valence-electron chi connectivity index (χ1n) is 6.88. The molecule has 2 aliphatic heterocycles. The lowest BCUT2D eigenvalue weighted by Crippen LogP contribution is -2.40. The van der Waals surface area contributed by atoms with E-state index in [4.69, 9.17) is 5.73 Å². The molecular weight excluding hydrogens is 240 g/mol. The number of nitrogen functional groups attached to an aromatic ring is 1. The van der Waals surface area contributed by atoms with E-state index in [-0.39, 0.29) is 5.91 Å². The second-order valence-corrected chi connectivity index (χ2v) is 5.56. The van der Waals surface area contributed by atoms with Crippen molar-refractivity contribution in [2.24, 2.45) is 0 Å². The Morgan fingerprint density at radius 1 is 1.37 bits per heavy atom. The number of hydrogen-bond donors (Lipinski definition) is 1. The SMILES string of the molecule is CN1C2CCC1CN(C(=O)c1cc(N)ccn1)CC2. The average molecular weight is 260 g/mol. The summed E-state index contributed by atoms with van der Waals surface area (Å²) in [6.45, 7) is 1.63. The molecule has 0 aliphatic carbocycles. The first-order valence-corrected chi connectivity index (χ1v) is 6.88.